The number of carbonyl (C=O) groups is 3. The summed E-state index contributed by atoms with van der Waals surface area (Å²) in [6, 6.07) is 1.28. The molecular formula is C14H17F2N3O6S. The third-order valence-electron chi connectivity index (χ3n) is 2.78. The Morgan fingerprint density at radius 1 is 1.15 bits per heavy atom. The molecule has 0 saturated carbocycles. The summed E-state index contributed by atoms with van der Waals surface area (Å²) in [6.07, 6.45) is -0.419. The van der Waals surface area contributed by atoms with Crippen LogP contribution < -0.4 is 15.4 Å². The van der Waals surface area contributed by atoms with Crippen molar-refractivity contribution in [3.63, 3.8) is 0 Å². The fourth-order valence-corrected chi connectivity index (χ4v) is 2.64. The molecule has 26 heavy (non-hydrogen) atoms. The number of hydrogen-bond acceptors (Lipinski definition) is 6. The third-order valence-corrected chi connectivity index (χ3v) is 4.24. The molecule has 0 aliphatic carbocycles. The van der Waals surface area contributed by atoms with Crippen LogP contribution in [0.2, 0.25) is 0 Å². The number of benzene rings is 1. The molecule has 1 rings (SSSR count). The lowest BCUT2D eigenvalue weighted by atomic mass is 10.3. The van der Waals surface area contributed by atoms with E-state index in [-0.39, 0.29) is 0 Å². The van der Waals surface area contributed by atoms with Crippen molar-refractivity contribution in [3.05, 3.63) is 29.8 Å². The SMILES string of the molecule is CCNC(=O)NC(=O)COC(=O)CCNS(=O)(=O)c1ccc(F)c(F)c1. The minimum absolute atomic E-state index is 0.303. The number of rotatable bonds is 8. The van der Waals surface area contributed by atoms with Gasteiger partial charge in [-0.05, 0) is 25.1 Å². The molecule has 0 atom stereocenters. The Hall–Kier alpha value is -2.60. The van der Waals surface area contributed by atoms with E-state index >= 15 is 0 Å². The van der Waals surface area contributed by atoms with E-state index in [9.17, 15) is 31.6 Å². The number of carbonyl (C=O) groups excluding carboxylic acids is 3. The van der Waals surface area contributed by atoms with E-state index in [1.165, 1.54) is 0 Å². The van der Waals surface area contributed by atoms with E-state index in [0.717, 1.165) is 6.07 Å². The van der Waals surface area contributed by atoms with Crippen molar-refractivity contribution in [1.82, 2.24) is 15.4 Å². The van der Waals surface area contributed by atoms with E-state index in [2.05, 4.69) is 10.1 Å². The Morgan fingerprint density at radius 2 is 1.85 bits per heavy atom. The van der Waals surface area contributed by atoms with Crippen molar-refractivity contribution in [2.24, 2.45) is 0 Å². The van der Waals surface area contributed by atoms with Crippen molar-refractivity contribution in [3.8, 4) is 0 Å². The summed E-state index contributed by atoms with van der Waals surface area (Å²) in [4.78, 5) is 33.3. The van der Waals surface area contributed by atoms with E-state index in [1.54, 1.807) is 6.92 Å². The van der Waals surface area contributed by atoms with Crippen LogP contribution in [0.5, 0.6) is 0 Å². The monoisotopic (exact) mass is 393 g/mol. The topological polar surface area (TPSA) is 131 Å². The zero-order chi connectivity index (χ0) is 19.7. The number of nitrogens with one attached hydrogen (secondary N) is 3. The Balaban J connectivity index is 2.39. The number of halogens is 2. The molecule has 9 nitrogen and oxygen atoms in total. The molecule has 1 aromatic rings. The fraction of sp³-hybridized carbons (Fsp3) is 0.357. The van der Waals surface area contributed by atoms with E-state index in [0.29, 0.717) is 18.7 Å². The second kappa shape index (κ2) is 9.77. The third kappa shape index (κ3) is 7.11. The summed E-state index contributed by atoms with van der Waals surface area (Å²) in [5, 5.41) is 4.20. The average molecular weight is 393 g/mol. The maximum Gasteiger partial charge on any atom is 0.321 e. The Bertz CT molecular complexity index is 785. The summed E-state index contributed by atoms with van der Waals surface area (Å²) < 4.78 is 56.2. The van der Waals surface area contributed by atoms with E-state index in [1.807, 2.05) is 10.0 Å². The molecule has 3 amide bonds. The van der Waals surface area contributed by atoms with Gasteiger partial charge in [0.1, 0.15) is 0 Å². The largest absolute Gasteiger partial charge is 0.456 e. The summed E-state index contributed by atoms with van der Waals surface area (Å²) in [7, 11) is -4.15. The average Bonchev–Trinajstić information content (AvgIpc) is 2.55. The first-order valence-electron chi connectivity index (χ1n) is 7.33. The molecule has 0 aliphatic rings. The van der Waals surface area contributed by atoms with Gasteiger partial charge < -0.3 is 10.1 Å². The summed E-state index contributed by atoms with van der Waals surface area (Å²) in [6.45, 7) is 0.840. The van der Waals surface area contributed by atoms with Gasteiger partial charge in [0, 0.05) is 13.1 Å². The Morgan fingerprint density at radius 3 is 2.46 bits per heavy atom. The van der Waals surface area contributed by atoms with Gasteiger partial charge in [-0.1, -0.05) is 0 Å². The molecule has 3 N–H and O–H groups in total. The smallest absolute Gasteiger partial charge is 0.321 e. The van der Waals surface area contributed by atoms with Gasteiger partial charge in [0.2, 0.25) is 10.0 Å². The van der Waals surface area contributed by atoms with E-state index in [4.69, 9.17) is 0 Å². The first-order chi connectivity index (χ1) is 12.2. The molecule has 0 saturated heterocycles. The molecule has 144 valence electrons. The molecule has 0 radical (unpaired) electrons. The van der Waals surface area contributed by atoms with Crippen LogP contribution in [-0.2, 0) is 24.3 Å². The van der Waals surface area contributed by atoms with Crippen LogP contribution in [0.15, 0.2) is 23.1 Å². The van der Waals surface area contributed by atoms with Crippen LogP contribution in [0.25, 0.3) is 0 Å². The predicted octanol–water partition coefficient (Wildman–Crippen LogP) is 0.0221. The minimum atomic E-state index is -4.15. The maximum atomic E-state index is 13.1. The molecule has 12 heteroatoms. The standard InChI is InChI=1S/C14H17F2N3O6S/c1-2-17-14(22)19-12(20)8-25-13(21)5-6-18-26(23,24)9-3-4-10(15)11(16)7-9/h3-4,7,18H,2,5-6,8H2,1H3,(H2,17,19,20,22). The highest BCUT2D eigenvalue weighted by molar-refractivity contribution is 7.89. The van der Waals surface area contributed by atoms with Crippen LogP contribution in [0, 0.1) is 11.6 Å². The van der Waals surface area contributed by atoms with Crippen molar-refractivity contribution in [1.29, 1.82) is 0 Å². The van der Waals surface area contributed by atoms with Crippen LogP contribution >= 0.6 is 0 Å². The molecule has 0 bridgehead atoms. The van der Waals surface area contributed by atoms with Gasteiger partial charge in [-0.3, -0.25) is 14.9 Å². The highest BCUT2D eigenvalue weighted by atomic mass is 32.2. The molecule has 0 unspecified atom stereocenters. The number of sulfonamides is 1. The Kier molecular flexibility index (Phi) is 8.06. The predicted molar refractivity (Wildman–Crippen MR) is 84.3 cm³/mol. The zero-order valence-electron chi connectivity index (χ0n) is 13.7. The summed E-state index contributed by atoms with van der Waals surface area (Å²) in [5.74, 6) is -4.28. The lowest BCUT2D eigenvalue weighted by Gasteiger charge is -2.08. The molecule has 0 aliphatic heterocycles. The van der Waals surface area contributed by atoms with Gasteiger partial charge >= 0.3 is 12.0 Å². The number of hydrogen-bond donors (Lipinski definition) is 3. The quantitative estimate of drug-likeness (QED) is 0.534. The number of urea groups is 1. The highest BCUT2D eigenvalue weighted by Crippen LogP contribution is 2.13. The number of esters is 1. The maximum absolute atomic E-state index is 13.1. The lowest BCUT2D eigenvalue weighted by Crippen LogP contribution is -2.41. The summed E-state index contributed by atoms with van der Waals surface area (Å²) >= 11 is 0. The van der Waals surface area contributed by atoms with Crippen molar-refractivity contribution in [2.75, 3.05) is 19.7 Å². The van der Waals surface area contributed by atoms with Gasteiger partial charge in [0.15, 0.2) is 18.2 Å². The molecular weight excluding hydrogens is 376 g/mol. The fourth-order valence-electron chi connectivity index (χ4n) is 1.60. The first-order valence-corrected chi connectivity index (χ1v) is 8.82. The zero-order valence-corrected chi connectivity index (χ0v) is 14.5. The molecule has 0 heterocycles. The number of amides is 3. The second-order valence-electron chi connectivity index (χ2n) is 4.79. The van der Waals surface area contributed by atoms with Crippen LogP contribution in [0.4, 0.5) is 13.6 Å². The van der Waals surface area contributed by atoms with Crippen LogP contribution in [-0.4, -0.2) is 46.0 Å². The second-order valence-corrected chi connectivity index (χ2v) is 6.56. The number of ether oxygens (including phenoxy) is 1. The van der Waals surface area contributed by atoms with Gasteiger partial charge in [-0.25, -0.2) is 26.7 Å². The van der Waals surface area contributed by atoms with Gasteiger partial charge in [0.05, 0.1) is 11.3 Å². The van der Waals surface area contributed by atoms with Gasteiger partial charge in [0.25, 0.3) is 5.91 Å². The minimum Gasteiger partial charge on any atom is -0.456 e. The normalized spacial score (nSPS) is 10.9. The number of imide groups is 1. The molecule has 0 spiro atoms. The first kappa shape index (κ1) is 21.4. The molecule has 0 aromatic heterocycles. The van der Waals surface area contributed by atoms with Gasteiger partial charge in [-0.2, -0.15) is 0 Å². The highest BCUT2D eigenvalue weighted by Gasteiger charge is 2.17. The van der Waals surface area contributed by atoms with Crippen molar-refractivity contribution < 1.29 is 36.3 Å². The molecule has 1 aromatic carbocycles. The Labute approximate surface area is 148 Å². The van der Waals surface area contributed by atoms with Crippen LogP contribution in [0.1, 0.15) is 13.3 Å². The lowest BCUT2D eigenvalue weighted by molar-refractivity contribution is -0.148. The van der Waals surface area contributed by atoms with Gasteiger partial charge in [-0.15, -0.1) is 0 Å². The summed E-state index contributed by atoms with van der Waals surface area (Å²) in [5.41, 5.74) is 0. The van der Waals surface area contributed by atoms with Crippen molar-refractivity contribution >= 4 is 27.9 Å². The molecule has 0 fully saturated rings. The van der Waals surface area contributed by atoms with Crippen molar-refractivity contribution in [2.45, 2.75) is 18.2 Å². The van der Waals surface area contributed by atoms with E-state index < -0.39 is 64.0 Å². The van der Waals surface area contributed by atoms with Crippen LogP contribution in [0.3, 0.4) is 0 Å².